The van der Waals surface area contributed by atoms with Gasteiger partial charge < -0.3 is 19.7 Å². The van der Waals surface area contributed by atoms with Crippen LogP contribution in [0.1, 0.15) is 25.7 Å². The van der Waals surface area contributed by atoms with Crippen molar-refractivity contribution in [1.82, 2.24) is 0 Å². The Morgan fingerprint density at radius 1 is 1.47 bits per heavy atom. The second-order valence-corrected chi connectivity index (χ2v) is 5.09. The van der Waals surface area contributed by atoms with Crippen LogP contribution >= 0.6 is 0 Å². The first-order valence-electron chi connectivity index (χ1n) is 6.01. The zero-order valence-electron chi connectivity index (χ0n) is 9.41. The number of aliphatic carboxylic acids is 1. The molecule has 2 N–H and O–H groups in total. The lowest BCUT2D eigenvalue weighted by atomic mass is 9.82. The maximum atomic E-state index is 10.7. The van der Waals surface area contributed by atoms with Gasteiger partial charge in [-0.1, -0.05) is 12.2 Å². The third-order valence-electron chi connectivity index (χ3n) is 3.90. The Labute approximate surface area is 99.0 Å². The Morgan fingerprint density at radius 3 is 3.06 bits per heavy atom. The summed E-state index contributed by atoms with van der Waals surface area (Å²) < 4.78 is 11.7. The van der Waals surface area contributed by atoms with Crippen LogP contribution in [0, 0.1) is 0 Å². The van der Waals surface area contributed by atoms with Crippen LogP contribution in [-0.2, 0) is 14.3 Å². The predicted molar refractivity (Wildman–Crippen MR) is 57.5 cm³/mol. The predicted octanol–water partition coefficient (Wildman–Crippen LogP) is 0.467. The van der Waals surface area contributed by atoms with Crippen molar-refractivity contribution in [2.75, 3.05) is 0 Å². The highest BCUT2D eigenvalue weighted by molar-refractivity contribution is 5.67. The first kappa shape index (κ1) is 11.2. The van der Waals surface area contributed by atoms with Crippen molar-refractivity contribution in [2.24, 2.45) is 0 Å². The summed E-state index contributed by atoms with van der Waals surface area (Å²) >= 11 is 0. The van der Waals surface area contributed by atoms with Gasteiger partial charge in [0.15, 0.2) is 0 Å². The van der Waals surface area contributed by atoms with Crippen LogP contribution in [-0.4, -0.2) is 46.2 Å². The van der Waals surface area contributed by atoms with Crippen LogP contribution in [0.5, 0.6) is 0 Å². The number of ether oxygens (including phenoxy) is 2. The standard InChI is InChI=1S/C12H16O5/c13-8-3-4-12-6-9(8)16-10(12)2-1-7(17-12)5-11(14)15/h3-4,7-10,13H,1-2,5-6H2,(H,14,15)/t7?,8?,9-,10?,12?/m1/s1. The molecule has 5 atom stereocenters. The Hall–Kier alpha value is -0.910. The van der Waals surface area contributed by atoms with E-state index in [9.17, 15) is 9.90 Å². The summed E-state index contributed by atoms with van der Waals surface area (Å²) in [6.07, 6.45) is 4.69. The molecule has 0 aromatic rings. The molecule has 2 heterocycles. The zero-order valence-corrected chi connectivity index (χ0v) is 9.41. The minimum atomic E-state index is -0.833. The lowest BCUT2D eigenvalue weighted by Crippen LogP contribution is -2.48. The summed E-state index contributed by atoms with van der Waals surface area (Å²) in [5, 5.41) is 18.5. The average molecular weight is 240 g/mol. The van der Waals surface area contributed by atoms with E-state index in [2.05, 4.69) is 0 Å². The Bertz CT molecular complexity index is 366. The molecule has 0 saturated carbocycles. The third-order valence-corrected chi connectivity index (χ3v) is 3.90. The number of carboxylic acid groups (broad SMARTS) is 1. The van der Waals surface area contributed by atoms with Crippen LogP contribution in [0.25, 0.3) is 0 Å². The summed E-state index contributed by atoms with van der Waals surface area (Å²) in [6, 6.07) is 0. The van der Waals surface area contributed by atoms with Crippen molar-refractivity contribution < 1.29 is 24.5 Å². The van der Waals surface area contributed by atoms with Gasteiger partial charge in [-0.15, -0.1) is 0 Å². The lowest BCUT2D eigenvalue weighted by molar-refractivity contribution is -0.158. The van der Waals surface area contributed by atoms with E-state index >= 15 is 0 Å². The molecule has 5 nitrogen and oxygen atoms in total. The van der Waals surface area contributed by atoms with Crippen molar-refractivity contribution in [1.29, 1.82) is 0 Å². The maximum Gasteiger partial charge on any atom is 0.305 e. The first-order chi connectivity index (χ1) is 8.09. The second kappa shape index (κ2) is 3.80. The van der Waals surface area contributed by atoms with E-state index in [0.717, 1.165) is 6.42 Å². The average Bonchev–Trinajstić information content (AvgIpc) is 2.58. The highest BCUT2D eigenvalue weighted by Crippen LogP contribution is 2.46. The van der Waals surface area contributed by atoms with Gasteiger partial charge in [0.05, 0.1) is 30.8 Å². The number of hydrogen-bond donors (Lipinski definition) is 2. The summed E-state index contributed by atoms with van der Waals surface area (Å²) in [4.78, 5) is 10.7. The lowest BCUT2D eigenvalue weighted by Gasteiger charge is -2.40. The SMILES string of the molecule is O=C(O)CC1CCC2O[C@@H]3CC2(C=CC3O)O1. The van der Waals surface area contributed by atoms with Crippen LogP contribution < -0.4 is 0 Å². The molecule has 2 bridgehead atoms. The van der Waals surface area contributed by atoms with E-state index in [4.69, 9.17) is 14.6 Å². The molecule has 1 aliphatic carbocycles. The van der Waals surface area contributed by atoms with Gasteiger partial charge in [-0.3, -0.25) is 4.79 Å². The quantitative estimate of drug-likeness (QED) is 0.686. The van der Waals surface area contributed by atoms with Crippen LogP contribution in [0.3, 0.4) is 0 Å². The molecule has 4 unspecified atom stereocenters. The van der Waals surface area contributed by atoms with Gasteiger partial charge in [-0.05, 0) is 12.8 Å². The van der Waals surface area contributed by atoms with Crippen LogP contribution in [0.2, 0.25) is 0 Å². The smallest absolute Gasteiger partial charge is 0.305 e. The maximum absolute atomic E-state index is 10.7. The molecule has 1 spiro atoms. The summed E-state index contributed by atoms with van der Waals surface area (Å²) in [7, 11) is 0. The topological polar surface area (TPSA) is 76.0 Å². The van der Waals surface area contributed by atoms with Crippen molar-refractivity contribution in [3.63, 3.8) is 0 Å². The summed E-state index contributed by atoms with van der Waals surface area (Å²) in [5.74, 6) is -0.833. The van der Waals surface area contributed by atoms with Crippen molar-refractivity contribution in [3.05, 3.63) is 12.2 Å². The molecule has 0 aromatic carbocycles. The molecule has 0 amide bonds. The van der Waals surface area contributed by atoms with E-state index in [1.54, 1.807) is 6.08 Å². The minimum absolute atomic E-state index is 0.0362. The number of rotatable bonds is 2. The van der Waals surface area contributed by atoms with Gasteiger partial charge >= 0.3 is 5.97 Å². The van der Waals surface area contributed by atoms with E-state index in [0.29, 0.717) is 12.8 Å². The number of aliphatic hydroxyl groups is 1. The number of aliphatic hydroxyl groups excluding tert-OH is 1. The van der Waals surface area contributed by atoms with Crippen molar-refractivity contribution in [2.45, 2.75) is 55.7 Å². The summed E-state index contributed by atoms with van der Waals surface area (Å²) in [6.45, 7) is 0. The molecule has 2 saturated heterocycles. The molecule has 0 aromatic heterocycles. The van der Waals surface area contributed by atoms with Crippen molar-refractivity contribution >= 4 is 5.97 Å². The Kier molecular flexibility index (Phi) is 2.50. The highest BCUT2D eigenvalue weighted by atomic mass is 16.6. The molecule has 2 fully saturated rings. The number of carbonyl (C=O) groups is 1. The molecule has 3 aliphatic rings. The monoisotopic (exact) mass is 240 g/mol. The molecular formula is C12H16O5. The first-order valence-corrected chi connectivity index (χ1v) is 6.01. The molecular weight excluding hydrogens is 224 g/mol. The summed E-state index contributed by atoms with van der Waals surface area (Å²) in [5.41, 5.74) is -0.498. The molecule has 3 rings (SSSR count). The van der Waals surface area contributed by atoms with Gasteiger partial charge in [-0.2, -0.15) is 0 Å². The number of hydrogen-bond acceptors (Lipinski definition) is 4. The van der Waals surface area contributed by atoms with E-state index < -0.39 is 17.7 Å². The van der Waals surface area contributed by atoms with Crippen molar-refractivity contribution in [3.8, 4) is 0 Å². The van der Waals surface area contributed by atoms with Gasteiger partial charge in [0.2, 0.25) is 0 Å². The number of carboxylic acids is 1. The fourth-order valence-corrected chi connectivity index (χ4v) is 3.10. The third kappa shape index (κ3) is 1.78. The van der Waals surface area contributed by atoms with E-state index in [1.165, 1.54) is 0 Å². The fourth-order valence-electron chi connectivity index (χ4n) is 3.10. The van der Waals surface area contributed by atoms with Gasteiger partial charge in [0.25, 0.3) is 0 Å². The van der Waals surface area contributed by atoms with Crippen LogP contribution in [0.4, 0.5) is 0 Å². The molecule has 0 radical (unpaired) electrons. The number of fused-ring (bicyclic) bond motifs is 1. The van der Waals surface area contributed by atoms with Gasteiger partial charge in [0.1, 0.15) is 5.60 Å². The largest absolute Gasteiger partial charge is 0.481 e. The second-order valence-electron chi connectivity index (χ2n) is 5.09. The van der Waals surface area contributed by atoms with Gasteiger partial charge in [0, 0.05) is 6.42 Å². The van der Waals surface area contributed by atoms with Crippen LogP contribution in [0.15, 0.2) is 12.2 Å². The molecule has 17 heavy (non-hydrogen) atoms. The highest BCUT2D eigenvalue weighted by Gasteiger charge is 2.55. The Balaban J connectivity index is 1.79. The molecule has 2 aliphatic heterocycles. The normalized spacial score (nSPS) is 47.8. The van der Waals surface area contributed by atoms with E-state index in [-0.39, 0.29) is 24.7 Å². The fraction of sp³-hybridized carbons (Fsp3) is 0.750. The molecule has 94 valence electrons. The zero-order chi connectivity index (χ0) is 12.0. The van der Waals surface area contributed by atoms with Gasteiger partial charge in [-0.25, -0.2) is 0 Å². The Morgan fingerprint density at radius 2 is 2.29 bits per heavy atom. The minimum Gasteiger partial charge on any atom is -0.481 e. The van der Waals surface area contributed by atoms with E-state index in [1.807, 2.05) is 6.08 Å². The molecule has 5 heteroatoms.